The lowest BCUT2D eigenvalue weighted by molar-refractivity contribution is -0.385. The monoisotopic (exact) mass is 241 g/mol. The van der Waals surface area contributed by atoms with Gasteiger partial charge in [-0.1, -0.05) is 11.3 Å². The van der Waals surface area contributed by atoms with Crippen LogP contribution in [-0.4, -0.2) is 16.8 Å². The molecule has 6 heteroatoms. The van der Waals surface area contributed by atoms with Gasteiger partial charge in [0.05, 0.1) is 15.9 Å². The van der Waals surface area contributed by atoms with Gasteiger partial charge in [-0.2, -0.15) is 0 Å². The Balaban J connectivity index is 2.25. The van der Waals surface area contributed by atoms with E-state index in [0.717, 1.165) is 30.6 Å². The number of nitrogens with zero attached hydrogens (tertiary/aromatic N) is 1. The van der Waals surface area contributed by atoms with Crippen LogP contribution >= 0.6 is 11.3 Å². The van der Waals surface area contributed by atoms with E-state index in [1.54, 1.807) is 0 Å². The Hall–Kier alpha value is -1.43. The molecule has 1 aliphatic carbocycles. The summed E-state index contributed by atoms with van der Waals surface area (Å²) in [6, 6.07) is 1.29. The summed E-state index contributed by atoms with van der Waals surface area (Å²) in [6.45, 7) is 1.39. The minimum atomic E-state index is -0.503. The summed E-state index contributed by atoms with van der Waals surface area (Å²) < 4.78 is 5.50. The number of carbonyl (C=O) groups is 1. The molecule has 0 radical (unpaired) electrons. The molecular formula is C10H11NO4S. The van der Waals surface area contributed by atoms with Crippen molar-refractivity contribution in [3.8, 4) is 5.06 Å². The van der Waals surface area contributed by atoms with Gasteiger partial charge in [0.15, 0.2) is 5.78 Å². The zero-order chi connectivity index (χ0) is 11.7. The van der Waals surface area contributed by atoms with Gasteiger partial charge in [0.1, 0.15) is 0 Å². The Morgan fingerprint density at radius 1 is 1.62 bits per heavy atom. The Labute approximate surface area is 96.2 Å². The van der Waals surface area contributed by atoms with E-state index in [2.05, 4.69) is 0 Å². The van der Waals surface area contributed by atoms with E-state index in [9.17, 15) is 14.9 Å². The zero-order valence-electron chi connectivity index (χ0n) is 8.76. The minimum absolute atomic E-state index is 0.0807. The lowest BCUT2D eigenvalue weighted by atomic mass is 9.96. The number of ketones is 1. The highest BCUT2D eigenvalue weighted by Crippen LogP contribution is 2.39. The molecule has 1 saturated carbocycles. The first-order valence-electron chi connectivity index (χ1n) is 5.03. The fourth-order valence-electron chi connectivity index (χ4n) is 1.39. The maximum atomic E-state index is 11.1. The molecule has 86 valence electrons. The topological polar surface area (TPSA) is 69.4 Å². The van der Waals surface area contributed by atoms with E-state index < -0.39 is 4.92 Å². The third-order valence-corrected chi connectivity index (χ3v) is 3.67. The average Bonchev–Trinajstić information content (AvgIpc) is 2.55. The smallest absolute Gasteiger partial charge is 0.323 e. The van der Waals surface area contributed by atoms with Gasteiger partial charge in [-0.3, -0.25) is 14.9 Å². The second kappa shape index (κ2) is 4.21. The lowest BCUT2D eigenvalue weighted by Crippen LogP contribution is -2.24. The molecule has 2 rings (SSSR count). The van der Waals surface area contributed by atoms with Crippen LogP contribution < -0.4 is 4.74 Å². The number of hydrogen-bond donors (Lipinski definition) is 0. The van der Waals surface area contributed by atoms with Crippen LogP contribution in [0.3, 0.4) is 0 Å². The molecule has 0 atom stereocenters. The molecule has 1 aromatic heterocycles. The third kappa shape index (κ3) is 2.06. The van der Waals surface area contributed by atoms with Crippen LogP contribution in [0.15, 0.2) is 6.07 Å². The summed E-state index contributed by atoms with van der Waals surface area (Å²) in [4.78, 5) is 21.8. The van der Waals surface area contributed by atoms with Gasteiger partial charge < -0.3 is 4.74 Å². The van der Waals surface area contributed by atoms with E-state index in [0.29, 0.717) is 4.88 Å². The van der Waals surface area contributed by atoms with Crippen molar-refractivity contribution < 1.29 is 14.5 Å². The van der Waals surface area contributed by atoms with Crippen LogP contribution in [0.2, 0.25) is 0 Å². The van der Waals surface area contributed by atoms with Crippen molar-refractivity contribution in [1.29, 1.82) is 0 Å². The number of Topliss-reactive ketones (excluding diaryl/α,β-unsaturated/α-hetero) is 1. The van der Waals surface area contributed by atoms with Crippen LogP contribution in [0.5, 0.6) is 5.06 Å². The van der Waals surface area contributed by atoms with Crippen molar-refractivity contribution in [3.63, 3.8) is 0 Å². The normalized spacial score (nSPS) is 15.6. The average molecular weight is 241 g/mol. The fourth-order valence-corrected chi connectivity index (χ4v) is 2.33. The number of hydrogen-bond acceptors (Lipinski definition) is 5. The SMILES string of the molecule is CC(=O)c1cc([N+](=O)[O-])c(OC2CCC2)s1. The van der Waals surface area contributed by atoms with Crippen LogP contribution in [0.1, 0.15) is 35.9 Å². The molecule has 0 amide bonds. The summed E-state index contributed by atoms with van der Waals surface area (Å²) in [5.74, 6) is -0.170. The van der Waals surface area contributed by atoms with Crippen molar-refractivity contribution in [2.75, 3.05) is 0 Å². The quantitative estimate of drug-likeness (QED) is 0.461. The third-order valence-electron chi connectivity index (χ3n) is 2.55. The lowest BCUT2D eigenvalue weighted by Gasteiger charge is -2.24. The van der Waals surface area contributed by atoms with Crippen molar-refractivity contribution in [1.82, 2.24) is 0 Å². The highest BCUT2D eigenvalue weighted by Gasteiger charge is 2.27. The molecule has 16 heavy (non-hydrogen) atoms. The Morgan fingerprint density at radius 3 is 2.75 bits per heavy atom. The molecule has 0 unspecified atom stereocenters. The summed E-state index contributed by atoms with van der Waals surface area (Å²) >= 11 is 1.06. The molecule has 1 aliphatic rings. The molecule has 0 aliphatic heterocycles. The van der Waals surface area contributed by atoms with Crippen molar-refractivity contribution in [3.05, 3.63) is 21.1 Å². The first kappa shape index (κ1) is 11.1. The second-order valence-electron chi connectivity index (χ2n) is 3.77. The van der Waals surface area contributed by atoms with Crippen LogP contribution in [0, 0.1) is 10.1 Å². The van der Waals surface area contributed by atoms with Crippen molar-refractivity contribution in [2.24, 2.45) is 0 Å². The predicted octanol–water partition coefficient (Wildman–Crippen LogP) is 2.79. The van der Waals surface area contributed by atoms with Gasteiger partial charge in [-0.25, -0.2) is 0 Å². The van der Waals surface area contributed by atoms with E-state index in [1.165, 1.54) is 13.0 Å². The maximum Gasteiger partial charge on any atom is 0.323 e. The molecule has 1 heterocycles. The maximum absolute atomic E-state index is 11.1. The van der Waals surface area contributed by atoms with Crippen molar-refractivity contribution >= 4 is 22.8 Å². The Morgan fingerprint density at radius 2 is 2.31 bits per heavy atom. The van der Waals surface area contributed by atoms with E-state index in [-0.39, 0.29) is 22.6 Å². The molecule has 0 bridgehead atoms. The number of rotatable bonds is 4. The number of thiophene rings is 1. The minimum Gasteiger partial charge on any atom is -0.476 e. The van der Waals surface area contributed by atoms with Gasteiger partial charge in [-0.05, 0) is 26.2 Å². The molecule has 5 nitrogen and oxygen atoms in total. The van der Waals surface area contributed by atoms with Crippen LogP contribution in [0.25, 0.3) is 0 Å². The number of carbonyl (C=O) groups excluding carboxylic acids is 1. The second-order valence-corrected chi connectivity index (χ2v) is 4.78. The summed E-state index contributed by atoms with van der Waals surface area (Å²) in [5, 5.41) is 11.0. The fraction of sp³-hybridized carbons (Fsp3) is 0.500. The van der Waals surface area contributed by atoms with Crippen LogP contribution in [-0.2, 0) is 0 Å². The van der Waals surface area contributed by atoms with Crippen molar-refractivity contribution in [2.45, 2.75) is 32.3 Å². The highest BCUT2D eigenvalue weighted by atomic mass is 32.1. The summed E-state index contributed by atoms with van der Waals surface area (Å²) in [5.41, 5.74) is -0.0953. The largest absolute Gasteiger partial charge is 0.476 e. The van der Waals surface area contributed by atoms with E-state index >= 15 is 0 Å². The predicted molar refractivity (Wildman–Crippen MR) is 59.2 cm³/mol. The molecule has 0 N–H and O–H groups in total. The summed E-state index contributed by atoms with van der Waals surface area (Å²) in [7, 11) is 0. The summed E-state index contributed by atoms with van der Waals surface area (Å²) in [6.07, 6.45) is 3.05. The molecule has 0 saturated heterocycles. The molecule has 1 fully saturated rings. The van der Waals surface area contributed by atoms with Crippen LogP contribution in [0.4, 0.5) is 5.69 Å². The number of nitro groups is 1. The molecule has 0 spiro atoms. The highest BCUT2D eigenvalue weighted by molar-refractivity contribution is 7.16. The number of ether oxygens (including phenoxy) is 1. The molecule has 0 aromatic carbocycles. The van der Waals surface area contributed by atoms with Gasteiger partial charge in [0.2, 0.25) is 0 Å². The van der Waals surface area contributed by atoms with Gasteiger partial charge in [0, 0.05) is 6.07 Å². The van der Waals surface area contributed by atoms with E-state index in [4.69, 9.17) is 4.74 Å². The molecule has 1 aromatic rings. The van der Waals surface area contributed by atoms with Gasteiger partial charge in [-0.15, -0.1) is 0 Å². The Bertz CT molecular complexity index is 436. The zero-order valence-corrected chi connectivity index (χ0v) is 9.58. The van der Waals surface area contributed by atoms with Gasteiger partial charge >= 0.3 is 5.69 Å². The van der Waals surface area contributed by atoms with E-state index in [1.807, 2.05) is 0 Å². The Kier molecular flexibility index (Phi) is 2.91. The standard InChI is InChI=1S/C10H11NO4S/c1-6(12)9-5-8(11(13)14)10(16-9)15-7-3-2-4-7/h5,7H,2-4H2,1H3. The van der Waals surface area contributed by atoms with Gasteiger partial charge in [0.25, 0.3) is 5.06 Å². The first-order chi connectivity index (χ1) is 7.58. The molecular weight excluding hydrogens is 230 g/mol. The first-order valence-corrected chi connectivity index (χ1v) is 5.85.